The lowest BCUT2D eigenvalue weighted by molar-refractivity contribution is -0.138. The predicted molar refractivity (Wildman–Crippen MR) is 79.7 cm³/mol. The zero-order chi connectivity index (χ0) is 15.2. The molecule has 1 amide bonds. The van der Waals surface area contributed by atoms with Crippen molar-refractivity contribution in [2.45, 2.75) is 38.7 Å². The number of piperidine rings is 1. The van der Waals surface area contributed by atoms with Crippen molar-refractivity contribution in [3.05, 3.63) is 29.6 Å². The van der Waals surface area contributed by atoms with Crippen molar-refractivity contribution in [1.82, 2.24) is 4.90 Å². The van der Waals surface area contributed by atoms with Crippen LogP contribution in [-0.4, -0.2) is 36.5 Å². The van der Waals surface area contributed by atoms with Crippen molar-refractivity contribution >= 4 is 5.91 Å². The Bertz CT molecular complexity index is 487. The highest BCUT2D eigenvalue weighted by atomic mass is 19.1. The second-order valence-electron chi connectivity index (χ2n) is 5.48. The van der Waals surface area contributed by atoms with E-state index in [2.05, 4.69) is 0 Å². The Morgan fingerprint density at radius 1 is 1.33 bits per heavy atom. The number of benzene rings is 1. The molecule has 0 aliphatic carbocycles. The predicted octanol–water partition coefficient (Wildman–Crippen LogP) is 2.11. The monoisotopic (exact) mass is 294 g/mol. The Balaban J connectivity index is 2.01. The van der Waals surface area contributed by atoms with Gasteiger partial charge in [-0.1, -0.05) is 0 Å². The summed E-state index contributed by atoms with van der Waals surface area (Å²) in [6, 6.07) is 4.49. The minimum atomic E-state index is -0.601. The first-order valence-electron chi connectivity index (χ1n) is 7.55. The van der Waals surface area contributed by atoms with Crippen LogP contribution in [0.2, 0.25) is 0 Å². The van der Waals surface area contributed by atoms with Crippen LogP contribution in [0, 0.1) is 5.82 Å². The Kier molecular flexibility index (Phi) is 5.56. The minimum Gasteiger partial charge on any atom is -0.481 e. The highest BCUT2D eigenvalue weighted by Crippen LogP contribution is 2.19. The van der Waals surface area contributed by atoms with Gasteiger partial charge in [0.25, 0.3) is 5.91 Å². The quantitative estimate of drug-likeness (QED) is 0.905. The molecule has 1 aromatic rings. The van der Waals surface area contributed by atoms with E-state index in [1.165, 1.54) is 18.6 Å². The fourth-order valence-electron chi connectivity index (χ4n) is 2.63. The lowest BCUT2D eigenvalue weighted by Crippen LogP contribution is -2.43. The minimum absolute atomic E-state index is 0.0284. The first kappa shape index (κ1) is 15.8. The second kappa shape index (κ2) is 7.41. The molecule has 1 aromatic carbocycles. The fraction of sp³-hybridized carbons (Fsp3) is 0.562. The van der Waals surface area contributed by atoms with E-state index in [-0.39, 0.29) is 11.7 Å². The van der Waals surface area contributed by atoms with E-state index in [9.17, 15) is 9.18 Å². The number of halogens is 1. The van der Waals surface area contributed by atoms with Gasteiger partial charge in [0.05, 0.1) is 0 Å². The summed E-state index contributed by atoms with van der Waals surface area (Å²) < 4.78 is 19.2. The molecule has 1 aliphatic heterocycles. The number of likely N-dealkylation sites (tertiary alicyclic amines) is 1. The van der Waals surface area contributed by atoms with E-state index in [0.29, 0.717) is 18.7 Å². The topological polar surface area (TPSA) is 55.6 Å². The third kappa shape index (κ3) is 4.43. The fourth-order valence-corrected chi connectivity index (χ4v) is 2.63. The van der Waals surface area contributed by atoms with Gasteiger partial charge in [-0.15, -0.1) is 0 Å². The van der Waals surface area contributed by atoms with Crippen molar-refractivity contribution in [3.63, 3.8) is 0 Å². The number of hydrogen-bond donors (Lipinski definition) is 1. The number of nitrogens with two attached hydrogens (primary N) is 1. The van der Waals surface area contributed by atoms with Gasteiger partial charge in [0.15, 0.2) is 6.10 Å². The van der Waals surface area contributed by atoms with Gasteiger partial charge in [0.1, 0.15) is 11.6 Å². The van der Waals surface area contributed by atoms with E-state index < -0.39 is 6.10 Å². The highest BCUT2D eigenvalue weighted by Gasteiger charge is 2.23. The molecule has 2 N–H and O–H groups in total. The maximum Gasteiger partial charge on any atom is 0.263 e. The summed E-state index contributed by atoms with van der Waals surface area (Å²) in [4.78, 5) is 14.1. The maximum atomic E-state index is 13.5. The molecule has 2 rings (SSSR count). The average Bonchev–Trinajstić information content (AvgIpc) is 2.47. The van der Waals surface area contributed by atoms with Gasteiger partial charge in [-0.25, -0.2) is 4.39 Å². The second-order valence-corrected chi connectivity index (χ2v) is 5.48. The van der Waals surface area contributed by atoms with E-state index in [1.807, 2.05) is 4.90 Å². The van der Waals surface area contributed by atoms with Gasteiger partial charge in [0.2, 0.25) is 0 Å². The number of nitrogens with zero attached hydrogens (tertiary/aromatic N) is 1. The summed E-state index contributed by atoms with van der Waals surface area (Å²) in [7, 11) is 0. The number of rotatable bonds is 5. The van der Waals surface area contributed by atoms with Crippen molar-refractivity contribution in [3.8, 4) is 5.75 Å². The van der Waals surface area contributed by atoms with Crippen molar-refractivity contribution in [1.29, 1.82) is 0 Å². The zero-order valence-electron chi connectivity index (χ0n) is 12.5. The number of ether oxygens (including phenoxy) is 1. The molecular weight excluding hydrogens is 271 g/mol. The Hall–Kier alpha value is -1.62. The molecule has 1 heterocycles. The largest absolute Gasteiger partial charge is 0.481 e. The molecule has 0 bridgehead atoms. The molecule has 1 saturated heterocycles. The van der Waals surface area contributed by atoms with Crippen LogP contribution in [0.25, 0.3) is 0 Å². The molecule has 21 heavy (non-hydrogen) atoms. The van der Waals surface area contributed by atoms with Gasteiger partial charge in [-0.05, 0) is 56.8 Å². The van der Waals surface area contributed by atoms with Crippen LogP contribution in [0.4, 0.5) is 4.39 Å². The average molecular weight is 294 g/mol. The van der Waals surface area contributed by atoms with Crippen LogP contribution < -0.4 is 10.5 Å². The van der Waals surface area contributed by atoms with E-state index in [4.69, 9.17) is 10.5 Å². The molecule has 5 heteroatoms. The molecule has 116 valence electrons. The number of amides is 1. The zero-order valence-corrected chi connectivity index (χ0v) is 12.5. The van der Waals surface area contributed by atoms with Crippen LogP contribution in [-0.2, 0) is 11.2 Å². The molecule has 0 radical (unpaired) electrons. The molecule has 4 nitrogen and oxygen atoms in total. The van der Waals surface area contributed by atoms with Crippen molar-refractivity contribution in [2.24, 2.45) is 5.73 Å². The van der Waals surface area contributed by atoms with E-state index >= 15 is 0 Å². The third-order valence-corrected chi connectivity index (χ3v) is 3.69. The van der Waals surface area contributed by atoms with Gasteiger partial charge in [-0.3, -0.25) is 4.79 Å². The molecule has 1 fully saturated rings. The summed E-state index contributed by atoms with van der Waals surface area (Å²) in [5, 5.41) is 0. The van der Waals surface area contributed by atoms with Gasteiger partial charge < -0.3 is 15.4 Å². The molecule has 0 spiro atoms. The van der Waals surface area contributed by atoms with Crippen LogP contribution in [0.1, 0.15) is 31.7 Å². The summed E-state index contributed by atoms with van der Waals surface area (Å²) in [5.41, 5.74) is 6.27. The third-order valence-electron chi connectivity index (χ3n) is 3.69. The summed E-state index contributed by atoms with van der Waals surface area (Å²) in [5.74, 6) is -0.00998. The smallest absolute Gasteiger partial charge is 0.263 e. The number of carbonyl (C=O) groups excluding carboxylic acids is 1. The normalized spacial score (nSPS) is 16.6. The van der Waals surface area contributed by atoms with Crippen molar-refractivity contribution in [2.75, 3.05) is 19.6 Å². The van der Waals surface area contributed by atoms with Gasteiger partial charge in [0, 0.05) is 19.2 Å². The first-order chi connectivity index (χ1) is 10.1. The Morgan fingerprint density at radius 3 is 2.71 bits per heavy atom. The molecule has 1 atom stereocenters. The van der Waals surface area contributed by atoms with E-state index in [1.54, 1.807) is 13.0 Å². The summed E-state index contributed by atoms with van der Waals surface area (Å²) in [6.45, 7) is 3.73. The first-order valence-corrected chi connectivity index (χ1v) is 7.55. The molecular formula is C16H23FN2O2. The SMILES string of the molecule is CC(Oc1cc(F)cc(CCN)c1)C(=O)N1CCCCC1. The molecule has 0 aromatic heterocycles. The summed E-state index contributed by atoms with van der Waals surface area (Å²) in [6.07, 6.45) is 3.24. The summed E-state index contributed by atoms with van der Waals surface area (Å²) >= 11 is 0. The lowest BCUT2D eigenvalue weighted by atomic mass is 10.1. The van der Waals surface area contributed by atoms with Crippen LogP contribution >= 0.6 is 0 Å². The lowest BCUT2D eigenvalue weighted by Gasteiger charge is -2.29. The molecule has 1 unspecified atom stereocenters. The van der Waals surface area contributed by atoms with Crippen LogP contribution in [0.5, 0.6) is 5.75 Å². The van der Waals surface area contributed by atoms with Gasteiger partial charge in [-0.2, -0.15) is 0 Å². The number of carbonyl (C=O) groups is 1. The Labute approximate surface area is 125 Å². The molecule has 1 aliphatic rings. The number of hydrogen-bond acceptors (Lipinski definition) is 3. The maximum absolute atomic E-state index is 13.5. The standard InChI is InChI=1S/C16H23FN2O2/c1-12(16(20)19-7-3-2-4-8-19)21-15-10-13(5-6-18)9-14(17)11-15/h9-12H,2-8,18H2,1H3. The van der Waals surface area contributed by atoms with E-state index in [0.717, 1.165) is 31.5 Å². The van der Waals surface area contributed by atoms with Gasteiger partial charge >= 0.3 is 0 Å². The van der Waals surface area contributed by atoms with Crippen molar-refractivity contribution < 1.29 is 13.9 Å². The molecule has 0 saturated carbocycles. The highest BCUT2D eigenvalue weighted by molar-refractivity contribution is 5.81. The Morgan fingerprint density at radius 2 is 2.05 bits per heavy atom. The van der Waals surface area contributed by atoms with Crippen LogP contribution in [0.3, 0.4) is 0 Å². The van der Waals surface area contributed by atoms with Crippen LogP contribution in [0.15, 0.2) is 18.2 Å².